The largest absolute Gasteiger partial charge is 0.344 e. The Labute approximate surface area is 101 Å². The van der Waals surface area contributed by atoms with Crippen LogP contribution in [-0.2, 0) is 0 Å². The summed E-state index contributed by atoms with van der Waals surface area (Å²) in [5, 5.41) is 8.89. The minimum Gasteiger partial charge on any atom is -0.344 e. The van der Waals surface area contributed by atoms with E-state index in [2.05, 4.69) is 16.0 Å². The molecule has 0 fully saturated rings. The highest BCUT2D eigenvalue weighted by molar-refractivity contribution is 5.66. The lowest BCUT2D eigenvalue weighted by Crippen LogP contribution is -2.11. The first-order valence-electron chi connectivity index (χ1n) is 5.37. The fraction of sp³-hybridized carbons (Fsp3) is 0.143. The summed E-state index contributed by atoms with van der Waals surface area (Å²) in [6.45, 7) is 2.02. The van der Waals surface area contributed by atoms with E-state index in [1.165, 1.54) is 0 Å². The highest BCUT2D eigenvalue weighted by Gasteiger charge is 2.06. The number of nitrogens with zero attached hydrogens (tertiary/aromatic N) is 3. The zero-order valence-electron chi connectivity index (χ0n) is 9.88. The summed E-state index contributed by atoms with van der Waals surface area (Å²) in [7, 11) is 1.98. The summed E-state index contributed by atoms with van der Waals surface area (Å²) in [6, 6.07) is 11.7. The van der Waals surface area contributed by atoms with E-state index in [1.54, 1.807) is 12.3 Å². The number of benzene rings is 1. The molecule has 84 valence electrons. The second-order valence-electron chi connectivity index (χ2n) is 3.88. The van der Waals surface area contributed by atoms with Gasteiger partial charge in [-0.05, 0) is 36.8 Å². The van der Waals surface area contributed by atoms with Crippen LogP contribution in [0.25, 0.3) is 0 Å². The van der Waals surface area contributed by atoms with Gasteiger partial charge in [0.05, 0.1) is 11.6 Å². The molecule has 1 aromatic carbocycles. The van der Waals surface area contributed by atoms with Crippen molar-refractivity contribution in [2.45, 2.75) is 6.92 Å². The molecule has 2 aromatic rings. The molecule has 1 aromatic heterocycles. The minimum absolute atomic E-state index is 0.668. The molecule has 0 saturated heterocycles. The summed E-state index contributed by atoms with van der Waals surface area (Å²) >= 11 is 0. The van der Waals surface area contributed by atoms with Crippen molar-refractivity contribution in [1.29, 1.82) is 5.26 Å². The highest BCUT2D eigenvalue weighted by atomic mass is 15.1. The normalized spacial score (nSPS) is 9.71. The third-order valence-corrected chi connectivity index (χ3v) is 2.71. The highest BCUT2D eigenvalue weighted by Crippen LogP contribution is 2.26. The minimum atomic E-state index is 0.668. The lowest BCUT2D eigenvalue weighted by molar-refractivity contribution is 1.15. The van der Waals surface area contributed by atoms with Crippen LogP contribution in [0.5, 0.6) is 0 Å². The van der Waals surface area contributed by atoms with E-state index in [0.717, 1.165) is 16.9 Å². The fourth-order valence-electron chi connectivity index (χ4n) is 1.77. The van der Waals surface area contributed by atoms with Gasteiger partial charge in [0, 0.05) is 30.8 Å². The van der Waals surface area contributed by atoms with Crippen molar-refractivity contribution in [2.75, 3.05) is 11.9 Å². The Hall–Kier alpha value is -2.34. The summed E-state index contributed by atoms with van der Waals surface area (Å²) in [5.41, 5.74) is 3.87. The van der Waals surface area contributed by atoms with Gasteiger partial charge in [0.1, 0.15) is 0 Å². The maximum atomic E-state index is 8.89. The van der Waals surface area contributed by atoms with E-state index in [4.69, 9.17) is 5.26 Å². The van der Waals surface area contributed by atoms with Crippen molar-refractivity contribution in [2.24, 2.45) is 0 Å². The van der Waals surface area contributed by atoms with Crippen molar-refractivity contribution in [3.63, 3.8) is 0 Å². The first-order valence-corrected chi connectivity index (χ1v) is 5.37. The fourth-order valence-corrected chi connectivity index (χ4v) is 1.77. The van der Waals surface area contributed by atoms with E-state index in [9.17, 15) is 0 Å². The van der Waals surface area contributed by atoms with Crippen molar-refractivity contribution in [1.82, 2.24) is 4.98 Å². The monoisotopic (exact) mass is 223 g/mol. The SMILES string of the molecule is Cc1cnccc1N(C)c1cccc(C#N)c1. The molecular formula is C14H13N3. The molecule has 0 amide bonds. The third-order valence-electron chi connectivity index (χ3n) is 2.71. The topological polar surface area (TPSA) is 39.9 Å². The molecule has 3 nitrogen and oxygen atoms in total. The molecule has 0 saturated carbocycles. The third kappa shape index (κ3) is 2.26. The van der Waals surface area contributed by atoms with Crippen LogP contribution in [-0.4, -0.2) is 12.0 Å². The molecule has 1 heterocycles. The number of anilines is 2. The van der Waals surface area contributed by atoms with E-state index < -0.39 is 0 Å². The average molecular weight is 223 g/mol. The molecule has 0 spiro atoms. The Morgan fingerprint density at radius 3 is 2.82 bits per heavy atom. The molecule has 0 aliphatic rings. The Morgan fingerprint density at radius 1 is 1.29 bits per heavy atom. The van der Waals surface area contributed by atoms with Crippen LogP contribution in [0.1, 0.15) is 11.1 Å². The Kier molecular flexibility index (Phi) is 3.06. The number of hydrogen-bond donors (Lipinski definition) is 0. The lowest BCUT2D eigenvalue weighted by atomic mass is 10.2. The molecule has 2 rings (SSSR count). The van der Waals surface area contributed by atoms with E-state index >= 15 is 0 Å². The van der Waals surface area contributed by atoms with Crippen molar-refractivity contribution in [3.05, 3.63) is 53.9 Å². The predicted molar refractivity (Wildman–Crippen MR) is 68.2 cm³/mol. The zero-order chi connectivity index (χ0) is 12.3. The van der Waals surface area contributed by atoms with Gasteiger partial charge in [0.25, 0.3) is 0 Å². The van der Waals surface area contributed by atoms with Crippen LogP contribution in [0.4, 0.5) is 11.4 Å². The quantitative estimate of drug-likeness (QED) is 0.785. The smallest absolute Gasteiger partial charge is 0.0992 e. The summed E-state index contributed by atoms with van der Waals surface area (Å²) < 4.78 is 0. The number of aryl methyl sites for hydroxylation is 1. The summed E-state index contributed by atoms with van der Waals surface area (Å²) in [4.78, 5) is 6.13. The molecule has 0 aliphatic heterocycles. The zero-order valence-corrected chi connectivity index (χ0v) is 9.88. The van der Waals surface area contributed by atoms with Gasteiger partial charge >= 0.3 is 0 Å². The van der Waals surface area contributed by atoms with Gasteiger partial charge in [-0.25, -0.2) is 0 Å². The first-order chi connectivity index (χ1) is 8.22. The van der Waals surface area contributed by atoms with Crippen LogP contribution in [0, 0.1) is 18.3 Å². The number of hydrogen-bond acceptors (Lipinski definition) is 3. The van der Waals surface area contributed by atoms with Crippen LogP contribution in [0.3, 0.4) is 0 Å². The molecule has 0 aliphatic carbocycles. The van der Waals surface area contributed by atoms with Gasteiger partial charge < -0.3 is 4.90 Å². The predicted octanol–water partition coefficient (Wildman–Crippen LogP) is 3.03. The second-order valence-corrected chi connectivity index (χ2v) is 3.88. The molecule has 0 bridgehead atoms. The van der Waals surface area contributed by atoms with Crippen LogP contribution >= 0.6 is 0 Å². The molecule has 3 heteroatoms. The van der Waals surface area contributed by atoms with Gasteiger partial charge in [-0.3, -0.25) is 4.98 Å². The second kappa shape index (κ2) is 4.67. The standard InChI is InChI=1S/C14H13N3/c1-11-10-16-7-6-14(11)17(2)13-5-3-4-12(8-13)9-15/h3-8,10H,1-2H3. The maximum Gasteiger partial charge on any atom is 0.0992 e. The van der Waals surface area contributed by atoms with Gasteiger partial charge in [-0.15, -0.1) is 0 Å². The van der Waals surface area contributed by atoms with Crippen LogP contribution in [0.2, 0.25) is 0 Å². The average Bonchev–Trinajstić information content (AvgIpc) is 2.38. The Morgan fingerprint density at radius 2 is 2.12 bits per heavy atom. The van der Waals surface area contributed by atoms with Crippen molar-refractivity contribution in [3.8, 4) is 6.07 Å². The Bertz CT molecular complexity index is 570. The molecule has 17 heavy (non-hydrogen) atoms. The van der Waals surface area contributed by atoms with Crippen molar-refractivity contribution < 1.29 is 0 Å². The van der Waals surface area contributed by atoms with Gasteiger partial charge in [0.2, 0.25) is 0 Å². The van der Waals surface area contributed by atoms with E-state index in [-0.39, 0.29) is 0 Å². The van der Waals surface area contributed by atoms with Gasteiger partial charge in [-0.2, -0.15) is 5.26 Å². The number of rotatable bonds is 2. The molecular weight excluding hydrogens is 210 g/mol. The van der Waals surface area contributed by atoms with E-state index in [0.29, 0.717) is 5.56 Å². The molecule has 0 atom stereocenters. The number of aromatic nitrogens is 1. The summed E-state index contributed by atoms with van der Waals surface area (Å²) in [5.74, 6) is 0. The molecule has 0 unspecified atom stereocenters. The van der Waals surface area contributed by atoms with Crippen LogP contribution < -0.4 is 4.90 Å². The first kappa shape index (κ1) is 11.2. The lowest BCUT2D eigenvalue weighted by Gasteiger charge is -2.21. The Balaban J connectivity index is 2.41. The molecule has 0 N–H and O–H groups in total. The summed E-state index contributed by atoms with van der Waals surface area (Å²) in [6.07, 6.45) is 3.60. The maximum absolute atomic E-state index is 8.89. The van der Waals surface area contributed by atoms with Crippen molar-refractivity contribution >= 4 is 11.4 Å². The van der Waals surface area contributed by atoms with Gasteiger partial charge in [-0.1, -0.05) is 6.07 Å². The molecule has 0 radical (unpaired) electrons. The van der Waals surface area contributed by atoms with E-state index in [1.807, 2.05) is 44.4 Å². The number of pyridine rings is 1. The number of nitriles is 1. The van der Waals surface area contributed by atoms with Crippen LogP contribution in [0.15, 0.2) is 42.7 Å². The van der Waals surface area contributed by atoms with Gasteiger partial charge in [0.15, 0.2) is 0 Å².